The Bertz CT molecular complexity index is 2510. The summed E-state index contributed by atoms with van der Waals surface area (Å²) in [5.41, 5.74) is -8.99. The second-order valence-electron chi connectivity index (χ2n) is 13.4. The highest BCUT2D eigenvalue weighted by molar-refractivity contribution is 6.92. The summed E-state index contributed by atoms with van der Waals surface area (Å²) in [6.07, 6.45) is 0.465. The van der Waals surface area contributed by atoms with Crippen molar-refractivity contribution in [2.45, 2.75) is 12.8 Å². The van der Waals surface area contributed by atoms with Crippen LogP contribution in [-0.4, -0.2) is 13.4 Å². The summed E-state index contributed by atoms with van der Waals surface area (Å²) in [5.74, 6) is -54.7. The summed E-state index contributed by atoms with van der Waals surface area (Å²) in [6, 6.07) is 0.952. The molecule has 0 aromatic heterocycles. The van der Waals surface area contributed by atoms with Gasteiger partial charge in [0.05, 0.1) is 0 Å². The zero-order chi connectivity index (χ0) is 45.0. The van der Waals surface area contributed by atoms with E-state index in [1.807, 2.05) is 0 Å². The Labute approximate surface area is 327 Å². The maximum absolute atomic E-state index is 15.4. The molecule has 0 atom stereocenters. The van der Waals surface area contributed by atoms with Gasteiger partial charge in [0.1, 0.15) is 0 Å². The van der Waals surface area contributed by atoms with Crippen molar-refractivity contribution in [1.29, 1.82) is 0 Å². The van der Waals surface area contributed by atoms with Gasteiger partial charge >= 0.3 is 0 Å². The number of allylic oxidation sites excluding steroid dienone is 2. The van der Waals surface area contributed by atoms with Crippen molar-refractivity contribution < 1.29 is 87.8 Å². The van der Waals surface area contributed by atoms with Gasteiger partial charge in [0.15, 0.2) is 116 Å². The third-order valence-electron chi connectivity index (χ3n) is 10.2. The second kappa shape index (κ2) is 15.1. The Morgan fingerprint density at radius 3 is 0.787 bits per heavy atom. The smallest absolute Gasteiger partial charge is 0.204 e. The molecule has 0 spiro atoms. The standard InChI is InChI=1S/C39H10B2F20/c1-2-3-13-14-7-11(40(16-20(42)28(50)36(58)29(51)21(16)43)17-22(44)30(52)37(59)31(53)23(17)45)5-9(14)4-10-6-12(8-15(10)13)41(18-24(46)32(54)38(60)33(55)25(18)47)19-26(48)34(56)39(61)35(57)27(19)49/h3-6H,1,7-8H2. The van der Waals surface area contributed by atoms with E-state index in [9.17, 15) is 52.7 Å². The van der Waals surface area contributed by atoms with Crippen LogP contribution in [0, 0.1) is 116 Å². The Morgan fingerprint density at radius 2 is 0.574 bits per heavy atom. The zero-order valence-electron chi connectivity index (χ0n) is 29.1. The molecule has 0 amide bonds. The van der Waals surface area contributed by atoms with E-state index in [0.717, 1.165) is 12.1 Å². The van der Waals surface area contributed by atoms with Crippen LogP contribution in [0.15, 0.2) is 29.3 Å². The largest absolute Gasteiger partial charge is 0.253 e. The molecule has 312 valence electrons. The summed E-state index contributed by atoms with van der Waals surface area (Å²) < 4.78 is 296. The summed E-state index contributed by atoms with van der Waals surface area (Å²) in [5, 5.41) is 0. The fourth-order valence-corrected chi connectivity index (χ4v) is 7.58. The minimum Gasteiger partial charge on any atom is -0.204 e. The maximum atomic E-state index is 15.4. The van der Waals surface area contributed by atoms with Gasteiger partial charge in [0, 0.05) is 21.9 Å². The van der Waals surface area contributed by atoms with Crippen molar-refractivity contribution in [2.75, 3.05) is 0 Å². The topological polar surface area (TPSA) is 0 Å². The van der Waals surface area contributed by atoms with E-state index >= 15 is 35.1 Å². The predicted octanol–water partition coefficient (Wildman–Crippen LogP) is 8.84. The first-order valence-corrected chi connectivity index (χ1v) is 16.6. The lowest BCUT2D eigenvalue weighted by molar-refractivity contribution is 0.382. The van der Waals surface area contributed by atoms with Crippen LogP contribution < -0.4 is 21.9 Å². The van der Waals surface area contributed by atoms with Gasteiger partial charge in [-0.1, -0.05) is 29.7 Å². The number of rotatable bonds is 7. The molecule has 0 radical (unpaired) electrons. The fraction of sp³-hybridized carbons (Fsp3) is 0.0513. The summed E-state index contributed by atoms with van der Waals surface area (Å²) in [6.45, 7) is -2.69. The highest BCUT2D eigenvalue weighted by Crippen LogP contribution is 2.40. The first-order chi connectivity index (χ1) is 28.6. The molecule has 0 fully saturated rings. The Kier molecular flexibility index (Phi) is 10.6. The SMILES string of the molecule is C=C=Cc1c2c(cc3c1CC(B(c1c(F)c(F)c(F)c(F)c1F)c1c(F)c(F)c(F)c(F)c1F)=C3)C=C(B(c1c(F)c(F)c(F)c(F)c1F)c1c(F)c(F)c(F)c(F)c1F)C2. The van der Waals surface area contributed by atoms with E-state index in [1.54, 1.807) is 0 Å². The lowest BCUT2D eigenvalue weighted by Gasteiger charge is -2.21. The van der Waals surface area contributed by atoms with Crippen LogP contribution >= 0.6 is 0 Å². The molecule has 0 nitrogen and oxygen atoms in total. The molecule has 7 rings (SSSR count). The summed E-state index contributed by atoms with van der Waals surface area (Å²) in [4.78, 5) is 0. The van der Waals surface area contributed by atoms with Crippen LogP contribution in [0.3, 0.4) is 0 Å². The van der Waals surface area contributed by atoms with Crippen molar-refractivity contribution >= 4 is 53.5 Å². The van der Waals surface area contributed by atoms with Crippen LogP contribution in [0.5, 0.6) is 0 Å². The number of fused-ring (bicyclic) bond motifs is 2. The highest BCUT2D eigenvalue weighted by Gasteiger charge is 2.45. The monoisotopic (exact) mass is 880 g/mol. The minimum absolute atomic E-state index is 0.221. The molecule has 0 unspecified atom stereocenters. The first kappa shape index (κ1) is 42.9. The highest BCUT2D eigenvalue weighted by atomic mass is 19.2. The van der Waals surface area contributed by atoms with Gasteiger partial charge in [0.2, 0.25) is 0 Å². The molecular formula is C39H10B2F20. The Balaban J connectivity index is 1.50. The Morgan fingerprint density at radius 1 is 0.361 bits per heavy atom. The van der Waals surface area contributed by atoms with Gasteiger partial charge in [0.25, 0.3) is 13.4 Å². The molecule has 0 N–H and O–H groups in total. The molecule has 22 heteroatoms. The van der Waals surface area contributed by atoms with Gasteiger partial charge in [-0.25, -0.2) is 87.8 Å². The molecule has 5 aromatic rings. The van der Waals surface area contributed by atoms with Crippen molar-refractivity contribution in [1.82, 2.24) is 0 Å². The molecule has 0 heterocycles. The lowest BCUT2D eigenvalue weighted by atomic mass is 9.35. The third-order valence-corrected chi connectivity index (χ3v) is 10.2. The maximum Gasteiger partial charge on any atom is 0.253 e. The average molecular weight is 880 g/mol. The van der Waals surface area contributed by atoms with Gasteiger partial charge in [-0.05, 0) is 52.8 Å². The molecule has 2 aliphatic carbocycles. The molecule has 0 saturated carbocycles. The Hall–Kier alpha value is -6.17. The van der Waals surface area contributed by atoms with Gasteiger partial charge in [-0.2, -0.15) is 0 Å². The van der Waals surface area contributed by atoms with Crippen molar-refractivity contribution in [3.63, 3.8) is 0 Å². The molecular weight excluding hydrogens is 870 g/mol. The van der Waals surface area contributed by atoms with Gasteiger partial charge in [-0.3, -0.25) is 0 Å². The van der Waals surface area contributed by atoms with Gasteiger partial charge in [-0.15, -0.1) is 5.73 Å². The van der Waals surface area contributed by atoms with Gasteiger partial charge < -0.3 is 0 Å². The minimum atomic E-state index is -3.00. The van der Waals surface area contributed by atoms with E-state index in [4.69, 9.17) is 0 Å². The predicted molar refractivity (Wildman–Crippen MR) is 178 cm³/mol. The van der Waals surface area contributed by atoms with Crippen LogP contribution in [-0.2, 0) is 12.8 Å². The van der Waals surface area contributed by atoms with Crippen LogP contribution in [0.4, 0.5) is 87.8 Å². The van der Waals surface area contributed by atoms with E-state index in [0.29, 0.717) is 12.2 Å². The van der Waals surface area contributed by atoms with E-state index in [1.165, 1.54) is 0 Å². The van der Waals surface area contributed by atoms with Crippen molar-refractivity contribution in [2.24, 2.45) is 0 Å². The number of benzene rings is 5. The van der Waals surface area contributed by atoms with Crippen molar-refractivity contribution in [3.8, 4) is 0 Å². The quantitative estimate of drug-likeness (QED) is 0.0505. The molecule has 0 aliphatic heterocycles. The molecule has 5 aromatic carbocycles. The van der Waals surface area contributed by atoms with Crippen LogP contribution in [0.1, 0.15) is 27.8 Å². The fourth-order valence-electron chi connectivity index (χ4n) is 7.58. The number of hydrogen-bond acceptors (Lipinski definition) is 0. The van der Waals surface area contributed by atoms with Crippen LogP contribution in [0.25, 0.3) is 18.2 Å². The number of halogens is 20. The normalized spacial score (nSPS) is 13.0. The molecule has 0 bridgehead atoms. The molecule has 0 saturated heterocycles. The van der Waals surface area contributed by atoms with E-state index in [2.05, 4.69) is 12.3 Å². The van der Waals surface area contributed by atoms with E-state index < -0.39 is 175 Å². The first-order valence-electron chi connectivity index (χ1n) is 16.6. The van der Waals surface area contributed by atoms with Crippen molar-refractivity contribution in [3.05, 3.63) is 173 Å². The number of hydrogen-bond donors (Lipinski definition) is 0. The van der Waals surface area contributed by atoms with E-state index in [-0.39, 0.29) is 27.8 Å². The molecule has 61 heavy (non-hydrogen) atoms. The summed E-state index contributed by atoms with van der Waals surface area (Å²) >= 11 is 0. The lowest BCUT2D eigenvalue weighted by Crippen LogP contribution is -2.52. The zero-order valence-corrected chi connectivity index (χ0v) is 29.1. The summed E-state index contributed by atoms with van der Waals surface area (Å²) in [7, 11) is 0. The van der Waals surface area contributed by atoms with Crippen LogP contribution in [0.2, 0.25) is 0 Å². The average Bonchev–Trinajstić information content (AvgIpc) is 3.86. The third kappa shape index (κ3) is 6.19. The second-order valence-corrected chi connectivity index (χ2v) is 13.4. The molecule has 2 aliphatic rings.